The molecule has 0 aliphatic rings. The predicted octanol–water partition coefficient (Wildman–Crippen LogP) is 6.38. The average Bonchev–Trinajstić information content (AvgIpc) is 3.26. The standard InChI is InChI=1S/C30H46IN5O2S.Ir/c1-6-7-12-24-34-26-22-16-21(13-14-23(22)33-28(32)27(26)35-24)11-9-8-10-15-36(5)18-30(4,31)20-38-19-29(2,3)17-25(37)39;/h13-14,16H,6-12,15,17-20H2,1-5H3,(H2,32,33)(H,34,35)(H,37,39);/p-1. The van der Waals surface area contributed by atoms with Crippen LogP contribution in [0.4, 0.5) is 5.82 Å². The van der Waals surface area contributed by atoms with E-state index >= 15 is 0 Å². The second-order valence-electron chi connectivity index (χ2n) is 12.0. The van der Waals surface area contributed by atoms with Crippen molar-refractivity contribution < 1.29 is 29.6 Å². The molecule has 3 aromatic rings. The summed E-state index contributed by atoms with van der Waals surface area (Å²) in [5.74, 6) is 1.51. The van der Waals surface area contributed by atoms with E-state index in [2.05, 4.69) is 76.6 Å². The minimum atomic E-state index is -0.214. The zero-order valence-electron chi connectivity index (χ0n) is 24.6. The summed E-state index contributed by atoms with van der Waals surface area (Å²) in [4.78, 5) is 26.5. The van der Waals surface area contributed by atoms with Gasteiger partial charge in [0, 0.05) is 43.6 Å². The summed E-state index contributed by atoms with van der Waals surface area (Å²) >= 11 is 7.23. The van der Waals surface area contributed by atoms with Gasteiger partial charge in [0.1, 0.15) is 22.7 Å². The van der Waals surface area contributed by atoms with E-state index < -0.39 is 0 Å². The number of unbranched alkanes of at least 4 members (excludes halogenated alkanes) is 3. The minimum Gasteiger partial charge on any atom is -0.742 e. The van der Waals surface area contributed by atoms with Crippen molar-refractivity contribution in [2.75, 3.05) is 39.1 Å². The van der Waals surface area contributed by atoms with Crippen molar-refractivity contribution in [2.45, 2.75) is 82.5 Å². The van der Waals surface area contributed by atoms with Crippen molar-refractivity contribution >= 4 is 68.1 Å². The zero-order valence-corrected chi connectivity index (χ0v) is 29.9. The Bertz CT molecular complexity index is 1250. The third-order valence-corrected chi connectivity index (χ3v) is 7.75. The molecular weight excluding hydrogens is 814 g/mol. The number of fused-ring (bicyclic) bond motifs is 3. The fourth-order valence-corrected chi connectivity index (χ4v) is 6.23. The molecule has 0 fully saturated rings. The van der Waals surface area contributed by atoms with E-state index in [4.69, 9.17) is 28.1 Å². The van der Waals surface area contributed by atoms with E-state index in [1.807, 2.05) is 13.8 Å². The van der Waals surface area contributed by atoms with E-state index in [9.17, 15) is 4.79 Å². The maximum absolute atomic E-state index is 11.3. The number of H-pyrrole nitrogens is 1. The van der Waals surface area contributed by atoms with Crippen LogP contribution in [0.5, 0.6) is 0 Å². The monoisotopic (exact) mass is 859 g/mol. The van der Waals surface area contributed by atoms with E-state index in [1.165, 1.54) is 12.0 Å². The van der Waals surface area contributed by atoms with Gasteiger partial charge in [-0.1, -0.05) is 62.3 Å². The molecular formula is C30H45IIrN5O2S-. The van der Waals surface area contributed by atoms with Crippen molar-refractivity contribution in [1.82, 2.24) is 19.9 Å². The van der Waals surface area contributed by atoms with Crippen LogP contribution in [0.1, 0.15) is 77.6 Å². The number of nitrogen functional groups attached to an aromatic ring is 1. The van der Waals surface area contributed by atoms with Gasteiger partial charge in [-0.15, -0.1) is 0 Å². The van der Waals surface area contributed by atoms with Gasteiger partial charge in [0.05, 0.1) is 22.2 Å². The number of alkyl halides is 1. The van der Waals surface area contributed by atoms with Gasteiger partial charge in [-0.3, -0.25) is 0 Å². The molecule has 0 aliphatic heterocycles. The first-order valence-corrected chi connectivity index (χ1v) is 15.6. The Morgan fingerprint density at radius 2 is 1.88 bits per heavy atom. The second kappa shape index (κ2) is 16.1. The van der Waals surface area contributed by atoms with Gasteiger partial charge >= 0.3 is 0 Å². The van der Waals surface area contributed by atoms with Crippen LogP contribution in [0.2, 0.25) is 0 Å². The SMILES string of the molecule is CCCCc1nc2c([nH]1)c(N)nc1ccc(CCCCCN(C)CC(C)(I)COCC(C)(C)CC(=O)[S-])cc12.[Ir]. The van der Waals surface area contributed by atoms with E-state index in [0.29, 0.717) is 25.5 Å². The van der Waals surface area contributed by atoms with Gasteiger partial charge in [-0.25, -0.2) is 9.97 Å². The number of benzene rings is 1. The number of carbonyl (C=O) groups excluding carboxylic acids is 1. The van der Waals surface area contributed by atoms with Crippen LogP contribution in [0, 0.1) is 5.41 Å². The maximum Gasteiger partial charge on any atom is 0.150 e. The molecule has 225 valence electrons. The van der Waals surface area contributed by atoms with Crippen LogP contribution in [-0.2, 0) is 55.1 Å². The fourth-order valence-electron chi connectivity index (χ4n) is 5.03. The van der Waals surface area contributed by atoms with Gasteiger partial charge in [0.25, 0.3) is 0 Å². The minimum absolute atomic E-state index is 0. The molecule has 1 atom stereocenters. The zero-order chi connectivity index (χ0) is 28.6. The summed E-state index contributed by atoms with van der Waals surface area (Å²) in [6.07, 6.45) is 8.07. The molecule has 0 aliphatic carbocycles. The number of aromatic amines is 1. The molecule has 2 heterocycles. The second-order valence-corrected chi connectivity index (χ2v) is 15.1. The molecule has 40 heavy (non-hydrogen) atoms. The molecule has 0 amide bonds. The summed E-state index contributed by atoms with van der Waals surface area (Å²) in [6.45, 7) is 11.7. The van der Waals surface area contributed by atoms with E-state index in [-0.39, 0.29) is 34.1 Å². The normalized spacial score (nSPS) is 13.6. The Kier molecular flexibility index (Phi) is 14.2. The van der Waals surface area contributed by atoms with Crippen LogP contribution in [0.25, 0.3) is 21.9 Å². The third-order valence-electron chi connectivity index (χ3n) is 6.96. The molecule has 0 saturated heterocycles. The number of carbonyl (C=O) groups is 1. The molecule has 0 saturated carbocycles. The van der Waals surface area contributed by atoms with E-state index in [0.717, 1.165) is 79.4 Å². The number of pyridine rings is 1. The molecule has 0 spiro atoms. The first-order valence-electron chi connectivity index (χ1n) is 14.1. The average molecular weight is 859 g/mol. The van der Waals surface area contributed by atoms with Crippen molar-refractivity contribution in [1.29, 1.82) is 0 Å². The Labute approximate surface area is 272 Å². The van der Waals surface area contributed by atoms with Crippen molar-refractivity contribution in [3.05, 3.63) is 29.6 Å². The third kappa shape index (κ3) is 11.1. The van der Waals surface area contributed by atoms with Gasteiger partial charge in [0.2, 0.25) is 0 Å². The number of aryl methyl sites for hydroxylation is 2. The van der Waals surface area contributed by atoms with Crippen molar-refractivity contribution in [3.63, 3.8) is 0 Å². The van der Waals surface area contributed by atoms with Crippen LogP contribution >= 0.6 is 22.6 Å². The number of hydrogen-bond acceptors (Lipinski definition) is 7. The van der Waals surface area contributed by atoms with Crippen molar-refractivity contribution in [3.8, 4) is 0 Å². The first-order chi connectivity index (χ1) is 18.4. The Hall–Kier alpha value is -0.911. The maximum atomic E-state index is 11.3. The number of ether oxygens (including phenoxy) is 1. The predicted molar refractivity (Wildman–Crippen MR) is 173 cm³/mol. The van der Waals surface area contributed by atoms with Gasteiger partial charge in [-0.2, -0.15) is 0 Å². The van der Waals surface area contributed by atoms with Crippen LogP contribution in [0.15, 0.2) is 18.2 Å². The Balaban J connectivity index is 0.00000560. The molecule has 7 nitrogen and oxygen atoms in total. The Morgan fingerprint density at radius 3 is 2.58 bits per heavy atom. The topological polar surface area (TPSA) is 97.1 Å². The number of nitrogens with one attached hydrogen (secondary N) is 1. The summed E-state index contributed by atoms with van der Waals surface area (Å²) in [6, 6.07) is 6.49. The van der Waals surface area contributed by atoms with Gasteiger partial charge < -0.3 is 37.8 Å². The van der Waals surface area contributed by atoms with Gasteiger partial charge in [0.15, 0.2) is 0 Å². The van der Waals surface area contributed by atoms with Gasteiger partial charge in [-0.05, 0) is 75.7 Å². The summed E-state index contributed by atoms with van der Waals surface area (Å²) in [5, 5.41) is 0.882. The molecule has 1 aromatic carbocycles. The fraction of sp³-hybridized carbons (Fsp3) is 0.633. The smallest absolute Gasteiger partial charge is 0.150 e. The van der Waals surface area contributed by atoms with Crippen LogP contribution in [-0.4, -0.2) is 61.7 Å². The molecule has 1 unspecified atom stereocenters. The summed E-state index contributed by atoms with van der Waals surface area (Å²) < 4.78 is 6.00. The molecule has 2 aromatic heterocycles. The number of halogens is 1. The number of hydrogen-bond donors (Lipinski definition) is 2. The molecule has 3 N–H and O–H groups in total. The number of rotatable bonds is 17. The molecule has 10 heteroatoms. The molecule has 3 rings (SSSR count). The van der Waals surface area contributed by atoms with Crippen molar-refractivity contribution in [2.24, 2.45) is 5.41 Å². The summed E-state index contributed by atoms with van der Waals surface area (Å²) in [7, 11) is 2.18. The largest absolute Gasteiger partial charge is 0.742 e. The van der Waals surface area contributed by atoms with Crippen LogP contribution < -0.4 is 5.73 Å². The number of aromatic nitrogens is 3. The van der Waals surface area contributed by atoms with Crippen LogP contribution in [0.3, 0.4) is 0 Å². The summed E-state index contributed by atoms with van der Waals surface area (Å²) in [5.41, 5.74) is 10.0. The molecule has 1 radical (unpaired) electrons. The van der Waals surface area contributed by atoms with E-state index in [1.54, 1.807) is 0 Å². The molecule has 0 bridgehead atoms. The number of nitrogens with two attached hydrogens (primary N) is 1. The Morgan fingerprint density at radius 1 is 1.12 bits per heavy atom. The quantitative estimate of drug-likeness (QED) is 0.0705. The number of anilines is 1. The number of imidazole rings is 1. The number of nitrogens with zero attached hydrogens (tertiary/aromatic N) is 3. The first kappa shape index (κ1) is 35.3.